The number of anilines is 1. The highest BCUT2D eigenvalue weighted by molar-refractivity contribution is 6.10. The molecule has 0 unspecified atom stereocenters. The molecule has 0 radical (unpaired) electrons. The van der Waals surface area contributed by atoms with Crippen LogP contribution < -0.4 is 11.1 Å². The number of rotatable bonds is 5. The van der Waals surface area contributed by atoms with Gasteiger partial charge in [-0.3, -0.25) is 14.9 Å². The molecular formula is C23H21N7O3. The van der Waals surface area contributed by atoms with Gasteiger partial charge in [0.2, 0.25) is 0 Å². The summed E-state index contributed by atoms with van der Waals surface area (Å²) in [7, 11) is 0. The molecule has 2 heterocycles. The van der Waals surface area contributed by atoms with Crippen LogP contribution in [0.3, 0.4) is 0 Å². The minimum atomic E-state index is -0.472. The summed E-state index contributed by atoms with van der Waals surface area (Å²) in [5.74, 6) is -0.198. The van der Waals surface area contributed by atoms with Crippen LogP contribution in [0.25, 0.3) is 22.2 Å². The van der Waals surface area contributed by atoms with Crippen molar-refractivity contribution in [2.45, 2.75) is 31.7 Å². The van der Waals surface area contributed by atoms with Crippen molar-refractivity contribution < 1.29 is 9.72 Å². The molecule has 0 bridgehead atoms. The van der Waals surface area contributed by atoms with Crippen molar-refractivity contribution >= 4 is 45.8 Å². The third-order valence-corrected chi connectivity index (χ3v) is 5.79. The van der Waals surface area contributed by atoms with Gasteiger partial charge in [-0.2, -0.15) is 9.78 Å². The van der Waals surface area contributed by atoms with Crippen LogP contribution in [0.4, 0.5) is 11.5 Å². The molecule has 1 aliphatic carbocycles. The molecule has 0 atom stereocenters. The number of nitro benzene ring substituents is 1. The molecule has 10 nitrogen and oxygen atoms in total. The van der Waals surface area contributed by atoms with Crippen LogP contribution in [0.5, 0.6) is 0 Å². The number of carbonyl (C=O) groups excluding carboxylic acids is 1. The molecule has 5 rings (SSSR count). The summed E-state index contributed by atoms with van der Waals surface area (Å²) >= 11 is 0. The summed E-state index contributed by atoms with van der Waals surface area (Å²) in [5.41, 5.74) is 9.06. The Morgan fingerprint density at radius 3 is 2.61 bits per heavy atom. The van der Waals surface area contributed by atoms with Gasteiger partial charge in [-0.25, -0.2) is 9.97 Å². The molecule has 2 aromatic heterocycles. The number of carbonyl (C=O) groups is 1. The number of hydrogen-bond donors (Lipinski definition) is 2. The third kappa shape index (κ3) is 3.86. The van der Waals surface area contributed by atoms with Crippen molar-refractivity contribution in [2.24, 2.45) is 5.10 Å². The monoisotopic (exact) mass is 443 g/mol. The molecule has 4 aromatic rings. The molecule has 0 aliphatic heterocycles. The molecule has 3 N–H and O–H groups in total. The Bertz CT molecular complexity index is 1420. The first-order valence-corrected chi connectivity index (χ1v) is 10.7. The van der Waals surface area contributed by atoms with E-state index in [1.54, 1.807) is 12.1 Å². The Morgan fingerprint density at radius 1 is 1.15 bits per heavy atom. The van der Waals surface area contributed by atoms with E-state index in [1.165, 1.54) is 23.0 Å². The molecule has 0 spiro atoms. The molecular weight excluding hydrogens is 422 g/mol. The van der Waals surface area contributed by atoms with Crippen LogP contribution in [0.1, 0.15) is 41.6 Å². The number of nitro groups is 1. The van der Waals surface area contributed by atoms with E-state index < -0.39 is 4.92 Å². The van der Waals surface area contributed by atoms with Gasteiger partial charge in [0.15, 0.2) is 5.65 Å². The maximum absolute atomic E-state index is 13.2. The van der Waals surface area contributed by atoms with E-state index in [2.05, 4.69) is 20.4 Å². The van der Waals surface area contributed by atoms with Gasteiger partial charge in [0, 0.05) is 23.7 Å². The molecule has 166 valence electrons. The van der Waals surface area contributed by atoms with Gasteiger partial charge >= 0.3 is 0 Å². The molecule has 1 aliphatic rings. The fraction of sp³-hybridized carbons (Fsp3) is 0.217. The number of fused-ring (bicyclic) bond motifs is 2. The molecule has 1 amide bonds. The third-order valence-electron chi connectivity index (χ3n) is 5.79. The van der Waals surface area contributed by atoms with Crippen LogP contribution in [-0.4, -0.2) is 37.7 Å². The number of non-ortho nitro benzene ring substituents is 1. The molecule has 33 heavy (non-hydrogen) atoms. The largest absolute Gasteiger partial charge is 0.383 e. The first-order chi connectivity index (χ1) is 16.0. The number of hydrogen-bond acceptors (Lipinski definition) is 7. The zero-order chi connectivity index (χ0) is 22.9. The van der Waals surface area contributed by atoms with E-state index in [1.807, 2.05) is 24.3 Å². The van der Waals surface area contributed by atoms with Gasteiger partial charge in [-0.05, 0) is 25.0 Å². The van der Waals surface area contributed by atoms with E-state index in [9.17, 15) is 14.9 Å². The van der Waals surface area contributed by atoms with E-state index in [0.29, 0.717) is 27.8 Å². The highest BCUT2D eigenvalue weighted by Gasteiger charge is 2.26. The standard InChI is InChI=1S/C23H21N7O3/c24-21-19(23(31)26-15-7-1-2-8-15)20-22(28-18-11-4-3-10-17(18)27-20)29(21)25-13-14-6-5-9-16(12-14)30(32)33/h3-6,9-13,15H,1-2,7-8,24H2,(H,26,31)/b25-13-. The Morgan fingerprint density at radius 2 is 1.88 bits per heavy atom. The number of nitrogens with two attached hydrogens (primary N) is 1. The van der Waals surface area contributed by atoms with Crippen molar-refractivity contribution in [3.05, 3.63) is 69.8 Å². The SMILES string of the molecule is Nc1c(C(=O)NC2CCCC2)c2nc3ccccc3nc2n1/N=C\c1cccc([N+](=O)[O-])c1. The van der Waals surface area contributed by atoms with E-state index in [0.717, 1.165) is 25.7 Å². The van der Waals surface area contributed by atoms with Crippen LogP contribution in [-0.2, 0) is 0 Å². The van der Waals surface area contributed by atoms with Crippen molar-refractivity contribution in [3.8, 4) is 0 Å². The molecule has 0 saturated heterocycles. The topological polar surface area (TPSA) is 141 Å². The summed E-state index contributed by atoms with van der Waals surface area (Å²) < 4.78 is 1.36. The number of nitrogens with zero attached hydrogens (tertiary/aromatic N) is 5. The minimum absolute atomic E-state index is 0.0493. The first kappa shape index (κ1) is 20.6. The molecule has 1 saturated carbocycles. The lowest BCUT2D eigenvalue weighted by atomic mass is 10.2. The Balaban J connectivity index is 1.63. The number of amides is 1. The van der Waals surface area contributed by atoms with E-state index in [-0.39, 0.29) is 29.0 Å². The highest BCUT2D eigenvalue weighted by Crippen LogP contribution is 2.29. The van der Waals surface area contributed by atoms with Crippen molar-refractivity contribution in [1.29, 1.82) is 0 Å². The molecule has 2 aromatic carbocycles. The maximum Gasteiger partial charge on any atom is 0.270 e. The quantitative estimate of drug-likeness (QED) is 0.274. The maximum atomic E-state index is 13.2. The van der Waals surface area contributed by atoms with Crippen molar-refractivity contribution in [2.75, 3.05) is 5.73 Å². The van der Waals surface area contributed by atoms with Gasteiger partial charge in [0.25, 0.3) is 11.6 Å². The number of nitrogen functional groups attached to an aromatic ring is 1. The van der Waals surface area contributed by atoms with Crippen LogP contribution in [0, 0.1) is 10.1 Å². The summed E-state index contributed by atoms with van der Waals surface area (Å²) in [4.78, 5) is 33.1. The fourth-order valence-electron chi connectivity index (χ4n) is 4.16. The van der Waals surface area contributed by atoms with Gasteiger partial charge in [-0.1, -0.05) is 37.1 Å². The number of nitrogens with one attached hydrogen (secondary N) is 1. The van der Waals surface area contributed by atoms with Crippen LogP contribution in [0.15, 0.2) is 53.6 Å². The van der Waals surface area contributed by atoms with E-state index >= 15 is 0 Å². The fourth-order valence-corrected chi connectivity index (χ4v) is 4.16. The Kier molecular flexibility index (Phi) is 5.17. The molecule has 1 fully saturated rings. The summed E-state index contributed by atoms with van der Waals surface area (Å²) in [6.07, 6.45) is 5.48. The number of para-hydroxylation sites is 2. The summed E-state index contributed by atoms with van der Waals surface area (Å²) in [6.45, 7) is 0. The second-order valence-corrected chi connectivity index (χ2v) is 8.01. The average Bonchev–Trinajstić information content (AvgIpc) is 3.41. The summed E-state index contributed by atoms with van der Waals surface area (Å²) in [6, 6.07) is 13.5. The number of aromatic nitrogens is 3. The van der Waals surface area contributed by atoms with Crippen molar-refractivity contribution in [1.82, 2.24) is 20.0 Å². The lowest BCUT2D eigenvalue weighted by molar-refractivity contribution is -0.384. The zero-order valence-electron chi connectivity index (χ0n) is 17.6. The number of benzene rings is 2. The second-order valence-electron chi connectivity index (χ2n) is 8.01. The average molecular weight is 443 g/mol. The normalized spacial score (nSPS) is 14.4. The van der Waals surface area contributed by atoms with Crippen LogP contribution in [0.2, 0.25) is 0 Å². The highest BCUT2D eigenvalue weighted by atomic mass is 16.6. The first-order valence-electron chi connectivity index (χ1n) is 10.7. The predicted octanol–water partition coefficient (Wildman–Crippen LogP) is 3.63. The van der Waals surface area contributed by atoms with Crippen molar-refractivity contribution in [3.63, 3.8) is 0 Å². The smallest absolute Gasteiger partial charge is 0.270 e. The van der Waals surface area contributed by atoms with Gasteiger partial charge in [-0.15, -0.1) is 0 Å². The van der Waals surface area contributed by atoms with Gasteiger partial charge in [0.05, 0.1) is 22.2 Å². The second kappa shape index (κ2) is 8.30. The van der Waals surface area contributed by atoms with Gasteiger partial charge in [0.1, 0.15) is 16.9 Å². The predicted molar refractivity (Wildman–Crippen MR) is 125 cm³/mol. The van der Waals surface area contributed by atoms with Crippen LogP contribution >= 0.6 is 0 Å². The lowest BCUT2D eigenvalue weighted by Gasteiger charge is -2.11. The van der Waals surface area contributed by atoms with E-state index in [4.69, 9.17) is 5.73 Å². The summed E-state index contributed by atoms with van der Waals surface area (Å²) in [5, 5.41) is 18.5. The Labute approximate surface area is 188 Å². The lowest BCUT2D eigenvalue weighted by Crippen LogP contribution is -2.33. The minimum Gasteiger partial charge on any atom is -0.383 e. The van der Waals surface area contributed by atoms with Gasteiger partial charge < -0.3 is 11.1 Å². The molecule has 10 heteroatoms. The Hall–Kier alpha value is -4.34. The zero-order valence-corrected chi connectivity index (χ0v) is 17.6.